The van der Waals surface area contributed by atoms with Crippen molar-refractivity contribution < 1.29 is 79.0 Å². The number of piperazine rings is 1. The Labute approximate surface area is 364 Å². The van der Waals surface area contributed by atoms with E-state index in [0.717, 1.165) is 11.8 Å². The molecule has 3 aromatic rings. The molecule has 0 aliphatic carbocycles. The van der Waals surface area contributed by atoms with Gasteiger partial charge in [-0.3, -0.25) is 15.1 Å². The number of esters is 2. The van der Waals surface area contributed by atoms with Crippen LogP contribution in [0.25, 0.3) is 0 Å². The Hall–Kier alpha value is -5.37. The number of alkyl halides is 7. The molecule has 7 atom stereocenters. The van der Waals surface area contributed by atoms with Crippen LogP contribution in [0, 0.1) is 25.2 Å². The summed E-state index contributed by atoms with van der Waals surface area (Å²) in [5.74, 6) is -19.0. The van der Waals surface area contributed by atoms with Crippen molar-refractivity contribution in [2.24, 2.45) is 0 Å². The average Bonchev–Trinajstić information content (AvgIpc) is 3.73. The maximum atomic E-state index is 15.3. The number of ether oxygens (including phenoxy) is 6. The number of benzene rings is 3. The summed E-state index contributed by atoms with van der Waals surface area (Å²) in [6, 6.07) is 2.13. The number of aromatic hydroxyl groups is 2. The van der Waals surface area contributed by atoms with Crippen molar-refractivity contribution in [2.45, 2.75) is 85.7 Å². The number of methoxy groups -OCH3 is 2. The van der Waals surface area contributed by atoms with Crippen LogP contribution in [-0.4, -0.2) is 115 Å². The predicted octanol–water partition coefficient (Wildman–Crippen LogP) is 5.80. The second-order valence-corrected chi connectivity index (χ2v) is 17.7. The van der Waals surface area contributed by atoms with E-state index in [-0.39, 0.29) is 69.9 Å². The molecular weight excluding hydrogens is 886 g/mol. The summed E-state index contributed by atoms with van der Waals surface area (Å²) in [6.45, 7) is 2.02. The molecule has 3 N–H and O–H groups in total. The number of carbonyl (C=O) groups excluding carboxylic acids is 2. The molecule has 0 radical (unpaired) electrons. The first-order valence-corrected chi connectivity index (χ1v) is 20.9. The van der Waals surface area contributed by atoms with Crippen LogP contribution >= 0.6 is 11.8 Å². The highest BCUT2D eigenvalue weighted by atomic mass is 32.2. The van der Waals surface area contributed by atoms with Crippen molar-refractivity contribution in [3.8, 4) is 46.3 Å². The average molecular weight is 925 g/mol. The molecule has 10 rings (SSSR count). The number of aryl methyl sites for hydroxylation is 1. The number of carbonyl (C=O) groups is 2. The summed E-state index contributed by atoms with van der Waals surface area (Å²) in [4.78, 5) is 31.7. The second kappa shape index (κ2) is 14.8. The lowest BCUT2D eigenvalue weighted by Gasteiger charge is -2.62. The van der Waals surface area contributed by atoms with Crippen LogP contribution in [0.5, 0.6) is 40.2 Å². The maximum absolute atomic E-state index is 15.3. The lowest BCUT2D eigenvalue weighted by molar-refractivity contribution is -0.346. The van der Waals surface area contributed by atoms with Crippen LogP contribution in [0.15, 0.2) is 18.2 Å². The fourth-order valence-corrected chi connectivity index (χ4v) is 12.2. The zero-order valence-corrected chi connectivity index (χ0v) is 35.3. The van der Waals surface area contributed by atoms with Gasteiger partial charge in [-0.1, -0.05) is 6.07 Å². The predicted molar refractivity (Wildman–Crippen MR) is 208 cm³/mol. The number of halogens is 7. The lowest BCUT2D eigenvalue weighted by Crippen LogP contribution is -2.69. The minimum Gasteiger partial charge on any atom is -0.504 e. The molecule has 7 aliphatic heterocycles. The monoisotopic (exact) mass is 924 g/mol. The highest BCUT2D eigenvalue weighted by molar-refractivity contribution is 7.99. The molecule has 2 saturated heterocycles. The largest absolute Gasteiger partial charge is 0.504 e. The van der Waals surface area contributed by atoms with Crippen molar-refractivity contribution in [2.75, 3.05) is 47.0 Å². The van der Waals surface area contributed by atoms with Gasteiger partial charge in [0.15, 0.2) is 40.0 Å². The molecule has 1 spiro atoms. The Morgan fingerprint density at radius 3 is 2.38 bits per heavy atom. The first-order chi connectivity index (χ1) is 30.2. The molecule has 7 heterocycles. The quantitative estimate of drug-likeness (QED) is 0.159. The van der Waals surface area contributed by atoms with Gasteiger partial charge in [0.05, 0.1) is 37.6 Å². The van der Waals surface area contributed by atoms with E-state index >= 15 is 8.78 Å². The lowest BCUT2D eigenvalue weighted by atomic mass is 9.71. The van der Waals surface area contributed by atoms with Gasteiger partial charge in [-0.25, -0.2) is 9.59 Å². The van der Waals surface area contributed by atoms with Crippen LogP contribution < -0.4 is 29.0 Å². The van der Waals surface area contributed by atoms with E-state index in [0.29, 0.717) is 34.2 Å². The third-order valence-electron chi connectivity index (χ3n) is 13.4. The molecule has 342 valence electrons. The van der Waals surface area contributed by atoms with Crippen molar-refractivity contribution in [1.29, 1.82) is 5.26 Å². The van der Waals surface area contributed by atoms with Gasteiger partial charge in [0.2, 0.25) is 6.79 Å². The first kappa shape index (κ1) is 43.9. The molecular formula is C42H39F7N4O10S. The maximum Gasteiger partial charge on any atom is 0.460 e. The van der Waals surface area contributed by atoms with E-state index in [2.05, 4.69) is 11.4 Å². The number of nitriles is 1. The van der Waals surface area contributed by atoms with Gasteiger partial charge in [-0.15, -0.1) is 11.8 Å². The number of hydrogen-bond acceptors (Lipinski definition) is 15. The molecule has 2 fully saturated rings. The zero-order valence-electron chi connectivity index (χ0n) is 34.5. The number of nitrogens with zero attached hydrogens (tertiary/aromatic N) is 3. The van der Waals surface area contributed by atoms with Crippen LogP contribution in [-0.2, 0) is 32.7 Å². The molecule has 7 unspecified atom stereocenters. The molecule has 0 aromatic heterocycles. The number of thioether (sulfide) groups is 1. The third-order valence-corrected chi connectivity index (χ3v) is 14.9. The number of phenolic OH excluding ortho intramolecular Hbond substituents is 2. The summed E-state index contributed by atoms with van der Waals surface area (Å²) in [7, 11) is 4.39. The summed E-state index contributed by atoms with van der Waals surface area (Å²) < 4.78 is 134. The summed E-state index contributed by atoms with van der Waals surface area (Å²) in [5.41, 5.74) is 0.275. The Bertz CT molecular complexity index is 2560. The summed E-state index contributed by atoms with van der Waals surface area (Å²) in [6.07, 6.45) is -6.30. The van der Waals surface area contributed by atoms with Crippen LogP contribution in [0.4, 0.5) is 30.7 Å². The Morgan fingerprint density at radius 1 is 0.984 bits per heavy atom. The number of nitrogens with one attached hydrogen (secondary N) is 1. The van der Waals surface area contributed by atoms with Gasteiger partial charge in [-0.2, -0.15) is 36.0 Å². The highest BCUT2D eigenvalue weighted by Crippen LogP contribution is 2.65. The van der Waals surface area contributed by atoms with Gasteiger partial charge < -0.3 is 38.6 Å². The molecule has 7 aliphatic rings. The van der Waals surface area contributed by atoms with E-state index in [4.69, 9.17) is 28.4 Å². The van der Waals surface area contributed by atoms with E-state index < -0.39 is 90.1 Å². The standard InChI is InChI=1S/C42H39F7N4O10S/c1-16-8-19-9-21-22(12-50)53-23-13-60-37(56)39(20-11-25(58-4)24(54)10-18(20)6-7-51-39)14-64-36(30(53)29(52(21)3)26(19)31(55)32(16)59-5)28-27(23)35-34(61-15-62-35)17(2)33(28)63-38(57)40(43,44)41(45,46)42(47,48)49/h8,10-11,21-23,29-30,36,51,54-55H,6-7,9,13-15H2,1-5H3. The summed E-state index contributed by atoms with van der Waals surface area (Å²) >= 11 is 0.981. The van der Waals surface area contributed by atoms with E-state index in [1.807, 2.05) is 11.0 Å². The fourth-order valence-electron chi connectivity index (χ4n) is 10.5. The fraction of sp³-hybridized carbons (Fsp3) is 0.500. The molecule has 3 aromatic carbocycles. The third kappa shape index (κ3) is 5.88. The Morgan fingerprint density at radius 2 is 1.70 bits per heavy atom. The van der Waals surface area contributed by atoms with Gasteiger partial charge in [-0.05, 0) is 68.1 Å². The molecule has 0 saturated carbocycles. The van der Waals surface area contributed by atoms with Crippen LogP contribution in [0.1, 0.15) is 61.8 Å². The van der Waals surface area contributed by atoms with E-state index in [1.54, 1.807) is 18.9 Å². The topological polar surface area (TPSA) is 172 Å². The Kier molecular flexibility index (Phi) is 10.2. The molecule has 4 bridgehead atoms. The smallest absolute Gasteiger partial charge is 0.460 e. The van der Waals surface area contributed by atoms with Gasteiger partial charge in [0.1, 0.15) is 18.4 Å². The van der Waals surface area contributed by atoms with E-state index in [9.17, 15) is 47.0 Å². The van der Waals surface area contributed by atoms with Crippen molar-refractivity contribution >= 4 is 23.7 Å². The van der Waals surface area contributed by atoms with Crippen molar-refractivity contribution in [3.05, 3.63) is 62.7 Å². The first-order valence-electron chi connectivity index (χ1n) is 19.9. The minimum atomic E-state index is -6.87. The minimum absolute atomic E-state index is 0.0123. The van der Waals surface area contributed by atoms with Gasteiger partial charge in [0, 0.05) is 46.6 Å². The van der Waals surface area contributed by atoms with E-state index in [1.165, 1.54) is 33.3 Å². The van der Waals surface area contributed by atoms with Gasteiger partial charge in [0.25, 0.3) is 0 Å². The number of hydrogen-bond donors (Lipinski definition) is 3. The van der Waals surface area contributed by atoms with Crippen LogP contribution in [0.2, 0.25) is 0 Å². The normalized spacial score (nSPS) is 27.4. The highest BCUT2D eigenvalue weighted by Gasteiger charge is 2.77. The van der Waals surface area contributed by atoms with Crippen molar-refractivity contribution in [1.82, 2.24) is 15.1 Å². The summed E-state index contributed by atoms with van der Waals surface area (Å²) in [5, 5.41) is 35.9. The molecule has 14 nitrogen and oxygen atoms in total. The van der Waals surface area contributed by atoms with Crippen LogP contribution in [0.3, 0.4) is 0 Å². The van der Waals surface area contributed by atoms with Gasteiger partial charge >= 0.3 is 30.0 Å². The number of rotatable bonds is 5. The molecule has 22 heteroatoms. The zero-order chi connectivity index (χ0) is 46.2. The number of fused-ring (bicyclic) bond motifs is 9. The van der Waals surface area contributed by atoms with Crippen molar-refractivity contribution in [3.63, 3.8) is 0 Å². The number of phenols is 2. The molecule has 64 heavy (non-hydrogen) atoms. The number of likely N-dealkylation sites (N-methyl/N-ethyl adjacent to an activating group) is 1. The Balaban J connectivity index is 1.33. The second-order valence-electron chi connectivity index (χ2n) is 16.5. The SMILES string of the molecule is COc1cc2c(cc1O)CCNC21CSC2c3c(OC(=O)C(F)(F)C(F)(F)C(F)(F)F)c(C)c4c(c3C(COC1=O)N1C(C#N)C3Cc5cc(C)c(OC)c(O)c5C(C21)N3C)OCO4. The molecule has 0 amide bonds.